The number of unbranched alkanes of at least 4 members (excludes halogenated alkanes) is 3. The molecule has 0 aromatic carbocycles. The van der Waals surface area contributed by atoms with Gasteiger partial charge in [0, 0.05) is 18.0 Å². The van der Waals surface area contributed by atoms with Gasteiger partial charge in [-0.05, 0) is 6.42 Å². The van der Waals surface area contributed by atoms with E-state index >= 15 is 0 Å². The van der Waals surface area contributed by atoms with E-state index in [0.29, 0.717) is 23.9 Å². The van der Waals surface area contributed by atoms with Gasteiger partial charge in [-0.2, -0.15) is 0 Å². The Labute approximate surface area is 101 Å². The van der Waals surface area contributed by atoms with Crippen LogP contribution in [0.5, 0.6) is 5.75 Å². The second-order valence-corrected chi connectivity index (χ2v) is 4.00. The van der Waals surface area contributed by atoms with Crippen molar-refractivity contribution in [3.63, 3.8) is 0 Å². The molecule has 0 spiro atoms. The highest BCUT2D eigenvalue weighted by Gasteiger charge is 2.01. The van der Waals surface area contributed by atoms with Crippen LogP contribution >= 0.6 is 11.6 Å². The quantitative estimate of drug-likeness (QED) is 0.591. The maximum atomic E-state index is 11.5. The van der Waals surface area contributed by atoms with Gasteiger partial charge in [-0.1, -0.05) is 26.2 Å². The Morgan fingerprint density at radius 3 is 2.81 bits per heavy atom. The molecule has 0 amide bonds. The van der Waals surface area contributed by atoms with Gasteiger partial charge < -0.3 is 9.72 Å². The number of nitrogens with one attached hydrogen (secondary N) is 1. The van der Waals surface area contributed by atoms with E-state index in [4.69, 9.17) is 16.3 Å². The lowest BCUT2D eigenvalue weighted by atomic mass is 10.2. The molecule has 1 aromatic rings. The molecule has 1 heterocycles. The van der Waals surface area contributed by atoms with E-state index in [2.05, 4.69) is 11.9 Å². The molecular formula is C12H18ClNO2. The first-order valence-corrected chi connectivity index (χ1v) is 6.21. The molecule has 3 nitrogen and oxygen atoms in total. The summed E-state index contributed by atoms with van der Waals surface area (Å²) in [6, 6.07) is 1.48. The third-order valence-electron chi connectivity index (χ3n) is 2.34. The summed E-state index contributed by atoms with van der Waals surface area (Å²) in [5, 5.41) is 0. The SMILES string of the molecule is CCCCCCOc1c[nH]c(CCl)cc1=O. The van der Waals surface area contributed by atoms with Gasteiger partial charge in [-0.25, -0.2) is 0 Å². The van der Waals surface area contributed by atoms with Crippen LogP contribution < -0.4 is 10.2 Å². The molecule has 0 atom stereocenters. The zero-order valence-corrected chi connectivity index (χ0v) is 10.3. The van der Waals surface area contributed by atoms with Crippen molar-refractivity contribution in [3.8, 4) is 5.75 Å². The number of H-pyrrole nitrogens is 1. The Kier molecular flexibility index (Phi) is 6.01. The first-order valence-electron chi connectivity index (χ1n) is 5.68. The van der Waals surface area contributed by atoms with Gasteiger partial charge in [0.15, 0.2) is 5.75 Å². The number of halogens is 1. The predicted octanol–water partition coefficient (Wildman–Crippen LogP) is 3.07. The van der Waals surface area contributed by atoms with E-state index in [1.807, 2.05) is 0 Å². The summed E-state index contributed by atoms with van der Waals surface area (Å²) in [5.74, 6) is 0.691. The van der Waals surface area contributed by atoms with Gasteiger partial charge in [0.05, 0.1) is 12.5 Å². The topological polar surface area (TPSA) is 42.1 Å². The van der Waals surface area contributed by atoms with Gasteiger partial charge >= 0.3 is 0 Å². The molecule has 0 radical (unpaired) electrons. The highest BCUT2D eigenvalue weighted by Crippen LogP contribution is 2.06. The van der Waals surface area contributed by atoms with Gasteiger partial charge in [0.1, 0.15) is 0 Å². The number of rotatable bonds is 7. The fraction of sp³-hybridized carbons (Fsp3) is 0.583. The van der Waals surface area contributed by atoms with Crippen LogP contribution in [-0.4, -0.2) is 11.6 Å². The highest BCUT2D eigenvalue weighted by atomic mass is 35.5. The lowest BCUT2D eigenvalue weighted by Crippen LogP contribution is -2.10. The second kappa shape index (κ2) is 7.34. The number of pyridine rings is 1. The number of aromatic amines is 1. The van der Waals surface area contributed by atoms with Gasteiger partial charge in [-0.3, -0.25) is 4.79 Å². The van der Waals surface area contributed by atoms with E-state index < -0.39 is 0 Å². The molecule has 0 aliphatic carbocycles. The molecule has 16 heavy (non-hydrogen) atoms. The smallest absolute Gasteiger partial charge is 0.223 e. The molecule has 0 saturated heterocycles. The van der Waals surface area contributed by atoms with E-state index in [1.165, 1.54) is 18.9 Å². The number of aromatic nitrogens is 1. The summed E-state index contributed by atoms with van der Waals surface area (Å²) in [5.41, 5.74) is 0.606. The molecule has 0 fully saturated rings. The van der Waals surface area contributed by atoms with Crippen LogP contribution in [-0.2, 0) is 5.88 Å². The molecule has 0 aliphatic rings. The summed E-state index contributed by atoms with van der Waals surface area (Å²) in [4.78, 5) is 14.4. The molecule has 1 N–H and O–H groups in total. The largest absolute Gasteiger partial charge is 0.488 e. The maximum Gasteiger partial charge on any atom is 0.223 e. The zero-order chi connectivity index (χ0) is 11.8. The molecule has 1 aromatic heterocycles. The van der Waals surface area contributed by atoms with Crippen molar-refractivity contribution in [1.29, 1.82) is 0 Å². The van der Waals surface area contributed by atoms with Crippen LogP contribution in [0.25, 0.3) is 0 Å². The second-order valence-electron chi connectivity index (χ2n) is 3.73. The standard InChI is InChI=1S/C12H18ClNO2/c1-2-3-4-5-6-16-12-9-14-10(8-13)7-11(12)15/h7,9H,2-6,8H2,1H3,(H,14,15). The summed E-state index contributed by atoms with van der Waals surface area (Å²) < 4.78 is 5.40. The van der Waals surface area contributed by atoms with Crippen molar-refractivity contribution in [1.82, 2.24) is 4.98 Å². The Morgan fingerprint density at radius 2 is 2.19 bits per heavy atom. The van der Waals surface area contributed by atoms with Crippen molar-refractivity contribution < 1.29 is 4.74 Å². The van der Waals surface area contributed by atoms with Crippen LogP contribution in [0.1, 0.15) is 38.3 Å². The molecular weight excluding hydrogens is 226 g/mol. The minimum atomic E-state index is -0.107. The van der Waals surface area contributed by atoms with Gasteiger partial charge in [0.2, 0.25) is 5.43 Å². The number of hydrogen-bond donors (Lipinski definition) is 1. The van der Waals surface area contributed by atoms with Crippen molar-refractivity contribution in [2.24, 2.45) is 0 Å². The molecule has 1 rings (SSSR count). The number of ether oxygens (including phenoxy) is 1. The third-order valence-corrected chi connectivity index (χ3v) is 2.62. The van der Waals surface area contributed by atoms with E-state index in [1.54, 1.807) is 6.20 Å². The first-order chi connectivity index (χ1) is 7.77. The third kappa shape index (κ3) is 4.27. The van der Waals surface area contributed by atoms with Crippen LogP contribution in [0.2, 0.25) is 0 Å². The Morgan fingerprint density at radius 1 is 1.38 bits per heavy atom. The maximum absolute atomic E-state index is 11.5. The van der Waals surface area contributed by atoms with Crippen molar-refractivity contribution >= 4 is 11.6 Å². The van der Waals surface area contributed by atoms with Crippen molar-refractivity contribution in [2.45, 2.75) is 38.5 Å². The summed E-state index contributed by atoms with van der Waals surface area (Å²) in [6.07, 6.45) is 6.13. The Bertz CT molecular complexity index is 362. The van der Waals surface area contributed by atoms with Crippen LogP contribution in [0.3, 0.4) is 0 Å². The minimum absolute atomic E-state index is 0.107. The average Bonchev–Trinajstić information content (AvgIpc) is 2.30. The van der Waals surface area contributed by atoms with Gasteiger partial charge in [-0.15, -0.1) is 11.6 Å². The normalized spacial score (nSPS) is 10.4. The minimum Gasteiger partial charge on any atom is -0.488 e. The summed E-state index contributed by atoms with van der Waals surface area (Å²) in [6.45, 7) is 2.76. The molecule has 0 saturated carbocycles. The molecule has 0 aliphatic heterocycles. The Hall–Kier alpha value is -0.960. The lowest BCUT2D eigenvalue weighted by molar-refractivity contribution is 0.301. The summed E-state index contributed by atoms with van der Waals surface area (Å²) >= 11 is 5.60. The van der Waals surface area contributed by atoms with E-state index in [-0.39, 0.29) is 5.43 Å². The van der Waals surface area contributed by atoms with Crippen LogP contribution in [0.15, 0.2) is 17.1 Å². The molecule has 90 valence electrons. The van der Waals surface area contributed by atoms with E-state index in [9.17, 15) is 4.79 Å². The fourth-order valence-corrected chi connectivity index (χ4v) is 1.56. The predicted molar refractivity (Wildman–Crippen MR) is 66.3 cm³/mol. The van der Waals surface area contributed by atoms with Crippen molar-refractivity contribution in [3.05, 3.63) is 28.2 Å². The van der Waals surface area contributed by atoms with Crippen molar-refractivity contribution in [2.75, 3.05) is 6.61 Å². The Balaban J connectivity index is 2.39. The molecule has 0 unspecified atom stereocenters. The molecule has 4 heteroatoms. The fourth-order valence-electron chi connectivity index (χ4n) is 1.40. The van der Waals surface area contributed by atoms with Gasteiger partial charge in [0.25, 0.3) is 0 Å². The van der Waals surface area contributed by atoms with E-state index in [0.717, 1.165) is 12.8 Å². The van der Waals surface area contributed by atoms with Crippen LogP contribution in [0.4, 0.5) is 0 Å². The monoisotopic (exact) mass is 243 g/mol. The average molecular weight is 244 g/mol. The number of alkyl halides is 1. The molecule has 0 bridgehead atoms. The zero-order valence-electron chi connectivity index (χ0n) is 9.59. The number of hydrogen-bond acceptors (Lipinski definition) is 2. The highest BCUT2D eigenvalue weighted by molar-refractivity contribution is 6.16. The first kappa shape index (κ1) is 13.1. The van der Waals surface area contributed by atoms with Crippen LogP contribution in [0, 0.1) is 0 Å². The lowest BCUT2D eigenvalue weighted by Gasteiger charge is -2.05. The summed E-state index contributed by atoms with van der Waals surface area (Å²) in [7, 11) is 0.